The lowest BCUT2D eigenvalue weighted by Gasteiger charge is -2.04. The maximum absolute atomic E-state index is 10.4. The molecule has 1 atom stereocenters. The first-order chi connectivity index (χ1) is 7.13. The number of carboxylic acid groups (broad SMARTS) is 1. The summed E-state index contributed by atoms with van der Waals surface area (Å²) in [6.07, 6.45) is 0.785. The molecule has 1 heterocycles. The standard InChI is InChI=1S/C9H14N2O4/c1-3-4-8-10-7(11-15-8)5-14-6(2)9(12)13/h6H,3-5H2,1-2H3,(H,12,13)/t6-/m1/s1. The summed E-state index contributed by atoms with van der Waals surface area (Å²) < 4.78 is 9.91. The van der Waals surface area contributed by atoms with Crippen LogP contribution in [0.4, 0.5) is 0 Å². The van der Waals surface area contributed by atoms with Crippen molar-refractivity contribution in [3.05, 3.63) is 11.7 Å². The molecule has 0 aromatic carbocycles. The van der Waals surface area contributed by atoms with Gasteiger partial charge in [0.15, 0.2) is 11.9 Å². The van der Waals surface area contributed by atoms with Crippen LogP contribution in [0.1, 0.15) is 32.0 Å². The smallest absolute Gasteiger partial charge is 0.332 e. The third kappa shape index (κ3) is 3.67. The molecule has 0 unspecified atom stereocenters. The molecule has 0 saturated heterocycles. The zero-order chi connectivity index (χ0) is 11.3. The van der Waals surface area contributed by atoms with Gasteiger partial charge in [-0.1, -0.05) is 12.1 Å². The van der Waals surface area contributed by atoms with Gasteiger partial charge in [0, 0.05) is 6.42 Å². The lowest BCUT2D eigenvalue weighted by Crippen LogP contribution is -2.19. The maximum atomic E-state index is 10.4. The van der Waals surface area contributed by atoms with Crippen LogP contribution in [0.3, 0.4) is 0 Å². The van der Waals surface area contributed by atoms with Gasteiger partial charge < -0.3 is 14.4 Å². The second-order valence-electron chi connectivity index (χ2n) is 3.15. The van der Waals surface area contributed by atoms with Crippen molar-refractivity contribution >= 4 is 5.97 Å². The predicted octanol–water partition coefficient (Wildman–Crippen LogP) is 1.01. The van der Waals surface area contributed by atoms with Crippen molar-refractivity contribution in [3.63, 3.8) is 0 Å². The van der Waals surface area contributed by atoms with Gasteiger partial charge in [-0.05, 0) is 13.3 Å². The molecule has 1 N–H and O–H groups in total. The van der Waals surface area contributed by atoms with Gasteiger partial charge in [0.2, 0.25) is 5.89 Å². The van der Waals surface area contributed by atoms with Gasteiger partial charge in [-0.2, -0.15) is 4.98 Å². The second kappa shape index (κ2) is 5.45. The number of nitrogens with zero attached hydrogens (tertiary/aromatic N) is 2. The largest absolute Gasteiger partial charge is 0.479 e. The molecular weight excluding hydrogens is 200 g/mol. The van der Waals surface area contributed by atoms with E-state index >= 15 is 0 Å². The van der Waals surface area contributed by atoms with Crippen LogP contribution in [-0.4, -0.2) is 27.3 Å². The summed E-state index contributed by atoms with van der Waals surface area (Å²) in [5.41, 5.74) is 0. The van der Waals surface area contributed by atoms with Crippen molar-refractivity contribution in [2.75, 3.05) is 0 Å². The summed E-state index contributed by atoms with van der Waals surface area (Å²) in [7, 11) is 0. The molecule has 6 heteroatoms. The normalized spacial score (nSPS) is 12.7. The first-order valence-corrected chi connectivity index (χ1v) is 4.79. The molecule has 0 amide bonds. The number of hydrogen-bond acceptors (Lipinski definition) is 5. The zero-order valence-corrected chi connectivity index (χ0v) is 8.77. The molecule has 0 aliphatic rings. The Labute approximate surface area is 87.2 Å². The van der Waals surface area contributed by atoms with E-state index in [1.54, 1.807) is 0 Å². The summed E-state index contributed by atoms with van der Waals surface area (Å²) in [5.74, 6) is -0.0714. The van der Waals surface area contributed by atoms with Crippen LogP contribution in [0.15, 0.2) is 4.52 Å². The van der Waals surface area contributed by atoms with Gasteiger partial charge in [0.05, 0.1) is 0 Å². The van der Waals surface area contributed by atoms with Crippen LogP contribution in [0.5, 0.6) is 0 Å². The van der Waals surface area contributed by atoms with E-state index in [0.29, 0.717) is 11.7 Å². The van der Waals surface area contributed by atoms with E-state index in [0.717, 1.165) is 12.8 Å². The summed E-state index contributed by atoms with van der Waals surface area (Å²) >= 11 is 0. The van der Waals surface area contributed by atoms with Crippen molar-refractivity contribution in [2.24, 2.45) is 0 Å². The van der Waals surface area contributed by atoms with E-state index in [1.165, 1.54) is 6.92 Å². The van der Waals surface area contributed by atoms with Crippen LogP contribution in [-0.2, 0) is 22.6 Å². The van der Waals surface area contributed by atoms with Crippen LogP contribution < -0.4 is 0 Å². The highest BCUT2D eigenvalue weighted by Gasteiger charge is 2.13. The van der Waals surface area contributed by atoms with E-state index in [4.69, 9.17) is 14.4 Å². The minimum absolute atomic E-state index is 0.0562. The number of aliphatic carboxylic acids is 1. The summed E-state index contributed by atoms with van der Waals surface area (Å²) in [6.45, 7) is 3.52. The highest BCUT2D eigenvalue weighted by Crippen LogP contribution is 2.03. The molecule has 1 aromatic heterocycles. The number of rotatable bonds is 6. The number of aryl methyl sites for hydroxylation is 1. The molecule has 1 aromatic rings. The fourth-order valence-corrected chi connectivity index (χ4v) is 0.935. The maximum Gasteiger partial charge on any atom is 0.332 e. The summed E-state index contributed by atoms with van der Waals surface area (Å²) in [6, 6.07) is 0. The van der Waals surface area contributed by atoms with Gasteiger partial charge in [-0.15, -0.1) is 0 Å². The van der Waals surface area contributed by atoms with E-state index in [9.17, 15) is 4.79 Å². The minimum atomic E-state index is -1.01. The third-order valence-electron chi connectivity index (χ3n) is 1.78. The van der Waals surface area contributed by atoms with E-state index in [2.05, 4.69) is 10.1 Å². The lowest BCUT2D eigenvalue weighted by atomic mass is 10.3. The summed E-state index contributed by atoms with van der Waals surface area (Å²) in [5, 5.41) is 12.2. The Morgan fingerprint density at radius 3 is 3.00 bits per heavy atom. The first-order valence-electron chi connectivity index (χ1n) is 4.79. The minimum Gasteiger partial charge on any atom is -0.479 e. The Morgan fingerprint density at radius 1 is 1.67 bits per heavy atom. The fourth-order valence-electron chi connectivity index (χ4n) is 0.935. The number of carbonyl (C=O) groups is 1. The lowest BCUT2D eigenvalue weighted by molar-refractivity contribution is -0.150. The third-order valence-corrected chi connectivity index (χ3v) is 1.78. The molecule has 0 fully saturated rings. The van der Waals surface area contributed by atoms with Crippen molar-refractivity contribution in [2.45, 2.75) is 39.4 Å². The van der Waals surface area contributed by atoms with E-state index in [-0.39, 0.29) is 6.61 Å². The van der Waals surface area contributed by atoms with Crippen molar-refractivity contribution in [3.8, 4) is 0 Å². The molecule has 0 radical (unpaired) electrons. The van der Waals surface area contributed by atoms with Gasteiger partial charge in [-0.25, -0.2) is 4.79 Å². The Bertz CT molecular complexity index is 324. The monoisotopic (exact) mass is 214 g/mol. The molecular formula is C9H14N2O4. The molecule has 0 aliphatic heterocycles. The molecule has 84 valence electrons. The molecule has 1 rings (SSSR count). The Hall–Kier alpha value is -1.43. The van der Waals surface area contributed by atoms with Crippen LogP contribution in [0.2, 0.25) is 0 Å². The van der Waals surface area contributed by atoms with Crippen LogP contribution in [0, 0.1) is 0 Å². The molecule has 15 heavy (non-hydrogen) atoms. The summed E-state index contributed by atoms with van der Waals surface area (Å²) in [4.78, 5) is 14.5. The Balaban J connectivity index is 2.40. The van der Waals surface area contributed by atoms with Gasteiger partial charge >= 0.3 is 5.97 Å². The van der Waals surface area contributed by atoms with E-state index < -0.39 is 12.1 Å². The topological polar surface area (TPSA) is 85.5 Å². The SMILES string of the molecule is CCCc1nc(CO[C@H](C)C(=O)O)no1. The van der Waals surface area contributed by atoms with Crippen LogP contribution in [0.25, 0.3) is 0 Å². The quantitative estimate of drug-likeness (QED) is 0.760. The van der Waals surface area contributed by atoms with E-state index in [1.807, 2.05) is 6.92 Å². The average Bonchev–Trinajstić information content (AvgIpc) is 2.62. The number of ether oxygens (including phenoxy) is 1. The number of hydrogen-bond donors (Lipinski definition) is 1. The number of carboxylic acids is 1. The van der Waals surface area contributed by atoms with Crippen molar-refractivity contribution in [1.29, 1.82) is 0 Å². The average molecular weight is 214 g/mol. The first kappa shape index (κ1) is 11.6. The molecule has 6 nitrogen and oxygen atoms in total. The number of aromatic nitrogens is 2. The highest BCUT2D eigenvalue weighted by atomic mass is 16.5. The molecule has 0 spiro atoms. The van der Waals surface area contributed by atoms with Crippen LogP contribution >= 0.6 is 0 Å². The van der Waals surface area contributed by atoms with Gasteiger partial charge in [0.1, 0.15) is 6.61 Å². The molecule has 0 saturated carbocycles. The fraction of sp³-hybridized carbons (Fsp3) is 0.667. The highest BCUT2D eigenvalue weighted by molar-refractivity contribution is 5.71. The van der Waals surface area contributed by atoms with Gasteiger partial charge in [0.25, 0.3) is 0 Å². The van der Waals surface area contributed by atoms with Gasteiger partial charge in [-0.3, -0.25) is 0 Å². The Kier molecular flexibility index (Phi) is 4.23. The molecule has 0 aliphatic carbocycles. The zero-order valence-electron chi connectivity index (χ0n) is 8.77. The molecule has 0 bridgehead atoms. The predicted molar refractivity (Wildman–Crippen MR) is 50.2 cm³/mol. The second-order valence-corrected chi connectivity index (χ2v) is 3.15. The van der Waals surface area contributed by atoms with Crippen molar-refractivity contribution < 1.29 is 19.2 Å². The van der Waals surface area contributed by atoms with Crippen molar-refractivity contribution in [1.82, 2.24) is 10.1 Å². The Morgan fingerprint density at radius 2 is 2.40 bits per heavy atom.